The van der Waals surface area contributed by atoms with Crippen LogP contribution in [0.3, 0.4) is 0 Å². The molecule has 0 spiro atoms. The summed E-state index contributed by atoms with van der Waals surface area (Å²) in [5, 5.41) is 14.6. The highest BCUT2D eigenvalue weighted by molar-refractivity contribution is 7.84. The zero-order chi connectivity index (χ0) is 26.0. The lowest BCUT2D eigenvalue weighted by atomic mass is 9.46. The largest absolute Gasteiger partial charge is 0.505 e. The number of carbonyl (C=O) groups is 1. The Labute approximate surface area is 215 Å². The van der Waals surface area contributed by atoms with Crippen molar-refractivity contribution in [3.63, 3.8) is 0 Å². The first-order chi connectivity index (χ1) is 16.4. The summed E-state index contributed by atoms with van der Waals surface area (Å²) in [6.07, 6.45) is 10.3. The Morgan fingerprint density at radius 1 is 1.31 bits per heavy atom. The maximum Gasteiger partial charge on any atom is 0.210 e. The number of ketones is 1. The second-order valence-corrected chi connectivity index (χ2v) is 13.5. The third-order valence-corrected chi connectivity index (χ3v) is 9.87. The molecule has 0 aromatic carbocycles. The van der Waals surface area contributed by atoms with Gasteiger partial charge in [0.15, 0.2) is 0 Å². The van der Waals surface area contributed by atoms with E-state index in [2.05, 4.69) is 51.5 Å². The van der Waals surface area contributed by atoms with E-state index in [1.807, 2.05) is 0 Å². The minimum Gasteiger partial charge on any atom is -0.505 e. The van der Waals surface area contributed by atoms with Crippen molar-refractivity contribution in [3.8, 4) is 0 Å². The van der Waals surface area contributed by atoms with Crippen LogP contribution >= 0.6 is 0 Å². The van der Waals surface area contributed by atoms with E-state index in [9.17, 15) is 14.1 Å². The molecular formula is C29H46N2O3S. The third-order valence-electron chi connectivity index (χ3n) is 9.00. The number of hydrogen-bond acceptors (Lipinski definition) is 5. The molecule has 3 rings (SSSR count). The van der Waals surface area contributed by atoms with E-state index in [1.165, 1.54) is 5.57 Å². The third kappa shape index (κ3) is 5.84. The molecule has 2 N–H and O–H groups in total. The minimum absolute atomic E-state index is 0.0615. The van der Waals surface area contributed by atoms with Crippen molar-refractivity contribution in [2.24, 2.45) is 33.6 Å². The predicted octanol–water partition coefficient (Wildman–Crippen LogP) is 5.91. The molecule has 0 aromatic rings. The lowest BCUT2D eigenvalue weighted by Crippen LogP contribution is -2.51. The summed E-state index contributed by atoms with van der Waals surface area (Å²) < 4.78 is 11.4. The fraction of sp³-hybridized carbons (Fsp3) is 0.724. The van der Waals surface area contributed by atoms with Gasteiger partial charge in [-0.25, -0.2) is 0 Å². The van der Waals surface area contributed by atoms with E-state index < -0.39 is 10.8 Å². The van der Waals surface area contributed by atoms with Crippen molar-refractivity contribution in [3.05, 3.63) is 35.3 Å². The summed E-state index contributed by atoms with van der Waals surface area (Å²) >= 11 is 0. The molecule has 0 bridgehead atoms. The average Bonchev–Trinajstić information content (AvgIpc) is 2.79. The minimum atomic E-state index is -0.853. The Hall–Kier alpha value is -1.69. The number of hydrogen-bond donors (Lipinski definition) is 2. The SMILES string of the molecule is C=C1CCC[C@H]2[C@](C)(CC3=C(O)C(NCCC[S@@](C)=O)=CC(=NCC(C)C)C3=O)[C@@H](C)CC[C@]12C. The predicted molar refractivity (Wildman–Crippen MR) is 147 cm³/mol. The molecule has 3 aliphatic rings. The van der Waals surface area contributed by atoms with Crippen molar-refractivity contribution in [2.75, 3.05) is 25.1 Å². The maximum absolute atomic E-state index is 13.7. The molecule has 3 aliphatic carbocycles. The van der Waals surface area contributed by atoms with Crippen molar-refractivity contribution in [1.29, 1.82) is 0 Å². The fourth-order valence-corrected chi connectivity index (χ4v) is 7.09. The Morgan fingerprint density at radius 2 is 2.03 bits per heavy atom. The smallest absolute Gasteiger partial charge is 0.210 e. The van der Waals surface area contributed by atoms with Gasteiger partial charge in [0.05, 0.1) is 5.70 Å². The van der Waals surface area contributed by atoms with Gasteiger partial charge < -0.3 is 10.4 Å². The van der Waals surface area contributed by atoms with Crippen LogP contribution in [0.5, 0.6) is 0 Å². The van der Waals surface area contributed by atoms with Gasteiger partial charge in [0.1, 0.15) is 11.5 Å². The van der Waals surface area contributed by atoms with Crippen LogP contribution in [0.15, 0.2) is 40.2 Å². The lowest BCUT2D eigenvalue weighted by molar-refractivity contribution is -0.111. The van der Waals surface area contributed by atoms with Crippen LogP contribution in [-0.4, -0.2) is 45.9 Å². The van der Waals surface area contributed by atoms with E-state index in [0.717, 1.165) is 38.5 Å². The monoisotopic (exact) mass is 502 g/mol. The van der Waals surface area contributed by atoms with Crippen LogP contribution in [0.1, 0.15) is 79.6 Å². The first-order valence-corrected chi connectivity index (χ1v) is 15.1. The van der Waals surface area contributed by atoms with Crippen LogP contribution in [0, 0.1) is 28.6 Å². The summed E-state index contributed by atoms with van der Waals surface area (Å²) in [7, 11) is -0.853. The molecule has 2 fully saturated rings. The van der Waals surface area contributed by atoms with Gasteiger partial charge in [-0.2, -0.15) is 0 Å². The molecule has 0 aliphatic heterocycles. The molecule has 6 heteroatoms. The lowest BCUT2D eigenvalue weighted by Gasteiger charge is -2.59. The Balaban J connectivity index is 1.96. The second-order valence-electron chi connectivity index (χ2n) is 12.0. The summed E-state index contributed by atoms with van der Waals surface area (Å²) in [5.74, 6) is 1.74. The van der Waals surface area contributed by atoms with Crippen LogP contribution in [-0.2, 0) is 15.6 Å². The molecule has 35 heavy (non-hydrogen) atoms. The number of Topliss-reactive ketones (excluding diaryl/α,β-unsaturated/α-hetero) is 1. The topological polar surface area (TPSA) is 78.8 Å². The first-order valence-electron chi connectivity index (χ1n) is 13.4. The van der Waals surface area contributed by atoms with E-state index in [-0.39, 0.29) is 22.4 Å². The molecule has 0 aromatic heterocycles. The van der Waals surface area contributed by atoms with Gasteiger partial charge >= 0.3 is 0 Å². The van der Waals surface area contributed by atoms with Crippen LogP contribution in [0.2, 0.25) is 0 Å². The van der Waals surface area contributed by atoms with E-state index in [0.29, 0.717) is 60.0 Å². The van der Waals surface area contributed by atoms with Gasteiger partial charge in [-0.1, -0.05) is 46.8 Å². The highest BCUT2D eigenvalue weighted by atomic mass is 32.2. The first kappa shape index (κ1) is 27.9. The Kier molecular flexibility index (Phi) is 8.88. The standard InChI is InChI=1S/C29H46N2O3S/c1-19(2)18-31-24-16-23(30-14-9-15-35(7)34)26(32)22(27(24)33)17-29(6)21(4)12-13-28(5)20(3)10-8-11-25(28)29/h16,19,21,25,30,32H,3,8-15,17-18H2,1-2,4-7H3/t21-,25+,28+,29+,35+/m0/s1. The zero-order valence-electron chi connectivity index (χ0n) is 22.7. The summed E-state index contributed by atoms with van der Waals surface area (Å²) in [6.45, 7) is 16.8. The Morgan fingerprint density at radius 3 is 2.69 bits per heavy atom. The number of nitrogens with one attached hydrogen (secondary N) is 1. The van der Waals surface area contributed by atoms with E-state index in [1.54, 1.807) is 12.3 Å². The molecule has 0 unspecified atom stereocenters. The van der Waals surface area contributed by atoms with Crippen molar-refractivity contribution in [2.45, 2.75) is 79.6 Å². The molecule has 0 saturated heterocycles. The number of rotatable bonds is 9. The molecule has 0 heterocycles. The molecule has 2 saturated carbocycles. The normalized spacial score (nSPS) is 33.7. The van der Waals surface area contributed by atoms with Crippen LogP contribution in [0.25, 0.3) is 0 Å². The summed E-state index contributed by atoms with van der Waals surface area (Å²) in [4.78, 5) is 18.3. The number of allylic oxidation sites excluding steroid dienone is 3. The molecule has 0 radical (unpaired) electrons. The summed E-state index contributed by atoms with van der Waals surface area (Å²) in [5.41, 5.74) is 2.82. The van der Waals surface area contributed by atoms with Crippen molar-refractivity contribution in [1.82, 2.24) is 5.32 Å². The van der Waals surface area contributed by atoms with Gasteiger partial charge in [0.25, 0.3) is 0 Å². The number of aliphatic hydroxyl groups is 1. The number of fused-ring (bicyclic) bond motifs is 1. The average molecular weight is 503 g/mol. The van der Waals surface area contributed by atoms with Gasteiger partial charge in [0.2, 0.25) is 5.78 Å². The molecule has 196 valence electrons. The highest BCUT2D eigenvalue weighted by Crippen LogP contribution is 2.63. The zero-order valence-corrected chi connectivity index (χ0v) is 23.5. The van der Waals surface area contributed by atoms with E-state index >= 15 is 0 Å². The van der Waals surface area contributed by atoms with Gasteiger partial charge in [-0.05, 0) is 79.6 Å². The van der Waals surface area contributed by atoms with Gasteiger partial charge in [-0.15, -0.1) is 0 Å². The van der Waals surface area contributed by atoms with Gasteiger partial charge in [0, 0.05) is 41.5 Å². The molecule has 5 nitrogen and oxygen atoms in total. The molecule has 0 amide bonds. The van der Waals surface area contributed by atoms with Crippen molar-refractivity contribution >= 4 is 22.3 Å². The molecule has 5 atom stereocenters. The number of aliphatic imine (C=N–C) groups is 1. The number of carbonyl (C=O) groups excluding carboxylic acids is 1. The Bertz CT molecular complexity index is 963. The van der Waals surface area contributed by atoms with E-state index in [4.69, 9.17) is 0 Å². The van der Waals surface area contributed by atoms with Crippen molar-refractivity contribution < 1.29 is 14.1 Å². The fourth-order valence-electron chi connectivity index (χ4n) is 6.54. The number of nitrogens with zero attached hydrogens (tertiary/aromatic N) is 1. The number of aliphatic hydroxyl groups excluding tert-OH is 1. The van der Waals surface area contributed by atoms with Gasteiger partial charge in [-0.3, -0.25) is 14.0 Å². The second kappa shape index (κ2) is 11.1. The summed E-state index contributed by atoms with van der Waals surface area (Å²) in [6, 6.07) is 0. The van der Waals surface area contributed by atoms with Crippen LogP contribution < -0.4 is 5.32 Å². The highest BCUT2D eigenvalue weighted by Gasteiger charge is 2.54. The maximum atomic E-state index is 13.7. The molecular weight excluding hydrogens is 456 g/mol. The quantitative estimate of drug-likeness (QED) is 0.233. The van der Waals surface area contributed by atoms with Crippen LogP contribution in [0.4, 0.5) is 0 Å².